The van der Waals surface area contributed by atoms with Crippen LogP contribution in [0.3, 0.4) is 0 Å². The van der Waals surface area contributed by atoms with Crippen molar-refractivity contribution in [3.8, 4) is 6.07 Å². The van der Waals surface area contributed by atoms with Crippen LogP contribution >= 0.6 is 0 Å². The number of nitriles is 1. The zero-order valence-electron chi connectivity index (χ0n) is 10.7. The third-order valence-corrected chi connectivity index (χ3v) is 3.30. The molecule has 3 rings (SSSR count). The second-order valence-electron chi connectivity index (χ2n) is 4.53. The molecule has 3 heteroatoms. The summed E-state index contributed by atoms with van der Waals surface area (Å²) >= 11 is 0. The number of para-hydroxylation sites is 1. The molecule has 0 saturated carbocycles. The second-order valence-corrected chi connectivity index (χ2v) is 4.53. The predicted molar refractivity (Wildman–Crippen MR) is 78.1 cm³/mol. The summed E-state index contributed by atoms with van der Waals surface area (Å²) < 4.78 is 0. The fourth-order valence-electron chi connectivity index (χ4n) is 2.33. The van der Waals surface area contributed by atoms with Gasteiger partial charge in [-0.05, 0) is 29.8 Å². The number of carbonyl (C=O) groups is 1. The lowest BCUT2D eigenvalue weighted by Crippen LogP contribution is -2.40. The van der Waals surface area contributed by atoms with E-state index in [1.54, 1.807) is 23.1 Å². The van der Waals surface area contributed by atoms with Crippen molar-refractivity contribution in [2.75, 3.05) is 4.90 Å². The zero-order chi connectivity index (χ0) is 13.9. The lowest BCUT2D eigenvalue weighted by atomic mass is 10.0. The normalized spacial score (nSPS) is 16.4. The van der Waals surface area contributed by atoms with Gasteiger partial charge in [0.1, 0.15) is 6.04 Å². The van der Waals surface area contributed by atoms with Crippen LogP contribution in [0.5, 0.6) is 0 Å². The van der Waals surface area contributed by atoms with Crippen molar-refractivity contribution in [2.45, 2.75) is 6.04 Å². The van der Waals surface area contributed by atoms with E-state index in [2.05, 4.69) is 6.07 Å². The van der Waals surface area contributed by atoms with Crippen LogP contribution in [0.15, 0.2) is 60.7 Å². The molecule has 0 unspecified atom stereocenters. The third-order valence-electron chi connectivity index (χ3n) is 3.30. The van der Waals surface area contributed by atoms with Crippen LogP contribution < -0.4 is 4.90 Å². The third kappa shape index (κ3) is 1.98. The molecule has 0 bridgehead atoms. The monoisotopic (exact) mass is 260 g/mol. The lowest BCUT2D eigenvalue weighted by Gasteiger charge is -2.30. The topological polar surface area (TPSA) is 44.1 Å². The molecule has 1 aliphatic rings. The number of amides is 1. The van der Waals surface area contributed by atoms with E-state index in [4.69, 9.17) is 0 Å². The Hall–Kier alpha value is -2.86. The number of hydrogen-bond donors (Lipinski definition) is 0. The van der Waals surface area contributed by atoms with Crippen LogP contribution in [0.1, 0.15) is 15.9 Å². The first-order valence-electron chi connectivity index (χ1n) is 6.37. The molecule has 0 radical (unpaired) electrons. The quantitative estimate of drug-likeness (QED) is 0.790. The van der Waals surface area contributed by atoms with E-state index in [1.807, 2.05) is 48.5 Å². The fraction of sp³-hybridized carbons (Fsp3) is 0.0588. The summed E-state index contributed by atoms with van der Waals surface area (Å²) in [6.07, 6.45) is 3.64. The Morgan fingerprint density at radius 3 is 2.50 bits per heavy atom. The summed E-state index contributed by atoms with van der Waals surface area (Å²) in [5.74, 6) is -0.158. The molecule has 0 aromatic heterocycles. The summed E-state index contributed by atoms with van der Waals surface area (Å²) in [5.41, 5.74) is 2.30. The van der Waals surface area contributed by atoms with Gasteiger partial charge in [-0.1, -0.05) is 42.5 Å². The second kappa shape index (κ2) is 5.02. The summed E-state index contributed by atoms with van der Waals surface area (Å²) in [4.78, 5) is 14.2. The minimum Gasteiger partial charge on any atom is -0.288 e. The van der Waals surface area contributed by atoms with Crippen LogP contribution in [0.25, 0.3) is 6.08 Å². The summed E-state index contributed by atoms with van der Waals surface area (Å²) in [5, 5.41) is 9.29. The van der Waals surface area contributed by atoms with Crippen molar-refractivity contribution in [1.82, 2.24) is 0 Å². The van der Waals surface area contributed by atoms with Gasteiger partial charge in [-0.15, -0.1) is 0 Å². The SMILES string of the molecule is N#C[C@H]1C=Cc2ccccc2N1C(=O)c1ccccc1. The first kappa shape index (κ1) is 12.2. The van der Waals surface area contributed by atoms with Crippen LogP contribution in [0.4, 0.5) is 5.69 Å². The predicted octanol–water partition coefficient (Wildman–Crippen LogP) is 3.25. The summed E-state index contributed by atoms with van der Waals surface area (Å²) in [6, 6.07) is 18.2. The molecule has 0 N–H and O–H groups in total. The molecule has 2 aromatic carbocycles. The molecule has 1 amide bonds. The molecule has 96 valence electrons. The molecule has 2 aromatic rings. The molecule has 0 spiro atoms. The van der Waals surface area contributed by atoms with Gasteiger partial charge in [-0.25, -0.2) is 0 Å². The summed E-state index contributed by atoms with van der Waals surface area (Å²) in [6.45, 7) is 0. The Bertz CT molecular complexity index is 713. The number of carbonyl (C=O) groups excluding carboxylic acids is 1. The molecule has 20 heavy (non-hydrogen) atoms. The Labute approximate surface area is 117 Å². The van der Waals surface area contributed by atoms with Gasteiger partial charge in [0.15, 0.2) is 0 Å². The first-order chi connectivity index (χ1) is 9.81. The highest BCUT2D eigenvalue weighted by Gasteiger charge is 2.28. The molecular formula is C17H12N2O. The highest BCUT2D eigenvalue weighted by atomic mass is 16.2. The minimum atomic E-state index is -0.572. The van der Waals surface area contributed by atoms with E-state index in [9.17, 15) is 10.1 Å². The molecule has 1 heterocycles. The number of anilines is 1. The molecule has 0 saturated heterocycles. The molecule has 1 aliphatic heterocycles. The van der Waals surface area contributed by atoms with Crippen LogP contribution in [0, 0.1) is 11.3 Å². The maximum absolute atomic E-state index is 12.7. The number of benzene rings is 2. The van der Waals surface area contributed by atoms with Crippen LogP contribution in [0.2, 0.25) is 0 Å². The van der Waals surface area contributed by atoms with Crippen molar-refractivity contribution >= 4 is 17.7 Å². The van der Waals surface area contributed by atoms with Gasteiger partial charge in [0.05, 0.1) is 11.8 Å². The number of fused-ring (bicyclic) bond motifs is 1. The van der Waals surface area contributed by atoms with Crippen molar-refractivity contribution in [2.24, 2.45) is 0 Å². The fourth-order valence-corrected chi connectivity index (χ4v) is 2.33. The Morgan fingerprint density at radius 1 is 1.05 bits per heavy atom. The molecule has 1 atom stereocenters. The highest BCUT2D eigenvalue weighted by Crippen LogP contribution is 2.30. The Kier molecular flexibility index (Phi) is 3.06. The molecular weight excluding hydrogens is 248 g/mol. The summed E-state index contributed by atoms with van der Waals surface area (Å²) in [7, 11) is 0. The van der Waals surface area contributed by atoms with Crippen molar-refractivity contribution in [3.63, 3.8) is 0 Å². The average molecular weight is 260 g/mol. The Morgan fingerprint density at radius 2 is 1.75 bits per heavy atom. The Balaban J connectivity index is 2.09. The standard InChI is InChI=1S/C17H12N2O/c18-12-15-11-10-13-6-4-5-9-16(13)19(15)17(20)14-7-2-1-3-8-14/h1-11,15H/t15-/m1/s1. The van der Waals surface area contributed by atoms with Gasteiger partial charge in [-0.2, -0.15) is 5.26 Å². The van der Waals surface area contributed by atoms with Gasteiger partial charge in [0, 0.05) is 5.56 Å². The smallest absolute Gasteiger partial charge is 0.259 e. The maximum Gasteiger partial charge on any atom is 0.259 e. The maximum atomic E-state index is 12.7. The molecule has 0 fully saturated rings. The average Bonchev–Trinajstić information content (AvgIpc) is 2.54. The largest absolute Gasteiger partial charge is 0.288 e. The first-order valence-corrected chi connectivity index (χ1v) is 6.37. The van der Waals surface area contributed by atoms with Gasteiger partial charge in [-0.3, -0.25) is 9.69 Å². The van der Waals surface area contributed by atoms with E-state index in [-0.39, 0.29) is 5.91 Å². The minimum absolute atomic E-state index is 0.158. The van der Waals surface area contributed by atoms with Gasteiger partial charge in [0.2, 0.25) is 0 Å². The highest BCUT2D eigenvalue weighted by molar-refractivity contribution is 6.08. The number of hydrogen-bond acceptors (Lipinski definition) is 2. The number of rotatable bonds is 1. The van der Waals surface area contributed by atoms with E-state index in [0.29, 0.717) is 5.56 Å². The zero-order valence-corrected chi connectivity index (χ0v) is 10.7. The van der Waals surface area contributed by atoms with Gasteiger partial charge < -0.3 is 0 Å². The number of nitrogens with zero attached hydrogens (tertiary/aromatic N) is 2. The van der Waals surface area contributed by atoms with Crippen molar-refractivity contribution < 1.29 is 4.79 Å². The molecule has 0 aliphatic carbocycles. The van der Waals surface area contributed by atoms with E-state index < -0.39 is 6.04 Å². The van der Waals surface area contributed by atoms with E-state index >= 15 is 0 Å². The van der Waals surface area contributed by atoms with Crippen LogP contribution in [-0.4, -0.2) is 11.9 Å². The molecule has 3 nitrogen and oxygen atoms in total. The van der Waals surface area contributed by atoms with Crippen LogP contribution in [-0.2, 0) is 0 Å². The van der Waals surface area contributed by atoms with Gasteiger partial charge >= 0.3 is 0 Å². The van der Waals surface area contributed by atoms with E-state index in [0.717, 1.165) is 11.3 Å². The lowest BCUT2D eigenvalue weighted by molar-refractivity contribution is 0.0985. The van der Waals surface area contributed by atoms with Gasteiger partial charge in [0.25, 0.3) is 5.91 Å². The van der Waals surface area contributed by atoms with Crippen molar-refractivity contribution in [3.05, 3.63) is 71.8 Å². The van der Waals surface area contributed by atoms with Crippen molar-refractivity contribution in [1.29, 1.82) is 5.26 Å². The van der Waals surface area contributed by atoms with E-state index in [1.165, 1.54) is 0 Å².